The lowest BCUT2D eigenvalue weighted by Gasteiger charge is -2.07. The van der Waals surface area contributed by atoms with Crippen molar-refractivity contribution in [2.24, 2.45) is 5.73 Å². The Balaban J connectivity index is 2.78. The van der Waals surface area contributed by atoms with Gasteiger partial charge in [0.15, 0.2) is 0 Å². The van der Waals surface area contributed by atoms with Crippen molar-refractivity contribution in [1.82, 2.24) is 15.3 Å². The summed E-state index contributed by atoms with van der Waals surface area (Å²) in [5.74, 6) is 0.685. The number of carbonyl (C=O) groups is 1. The number of aromatic nitrogens is 2. The second kappa shape index (κ2) is 6.19. The van der Waals surface area contributed by atoms with E-state index in [1.165, 1.54) is 18.0 Å². The first-order valence-electron chi connectivity index (χ1n) is 5.12. The zero-order chi connectivity index (χ0) is 12.8. The predicted molar refractivity (Wildman–Crippen MR) is 67.2 cm³/mol. The van der Waals surface area contributed by atoms with Gasteiger partial charge in [-0.25, -0.2) is 9.97 Å². The van der Waals surface area contributed by atoms with Gasteiger partial charge in [0, 0.05) is 12.7 Å². The SMILES string of the molecule is CCNC(=O)CSc1nc(C)ncc1C(=N)N. The van der Waals surface area contributed by atoms with Crippen molar-refractivity contribution >= 4 is 23.5 Å². The average Bonchev–Trinajstić information content (AvgIpc) is 2.26. The van der Waals surface area contributed by atoms with E-state index in [9.17, 15) is 4.79 Å². The van der Waals surface area contributed by atoms with E-state index in [2.05, 4.69) is 15.3 Å². The van der Waals surface area contributed by atoms with E-state index in [-0.39, 0.29) is 17.5 Å². The fourth-order valence-corrected chi connectivity index (χ4v) is 2.01. The summed E-state index contributed by atoms with van der Waals surface area (Å²) in [6.07, 6.45) is 1.50. The van der Waals surface area contributed by atoms with Crippen molar-refractivity contribution < 1.29 is 4.79 Å². The fraction of sp³-hybridized carbons (Fsp3) is 0.400. The molecule has 7 heteroatoms. The number of rotatable bonds is 5. The van der Waals surface area contributed by atoms with Crippen molar-refractivity contribution in [3.63, 3.8) is 0 Å². The van der Waals surface area contributed by atoms with Crippen LogP contribution in [-0.2, 0) is 4.79 Å². The van der Waals surface area contributed by atoms with E-state index in [1.54, 1.807) is 6.92 Å². The molecular weight excluding hydrogens is 238 g/mol. The van der Waals surface area contributed by atoms with E-state index >= 15 is 0 Å². The van der Waals surface area contributed by atoms with Gasteiger partial charge in [0.05, 0.1) is 11.3 Å². The summed E-state index contributed by atoms with van der Waals surface area (Å²) in [6, 6.07) is 0. The van der Waals surface area contributed by atoms with Crippen LogP contribution in [0.2, 0.25) is 0 Å². The van der Waals surface area contributed by atoms with Crippen LogP contribution in [0.15, 0.2) is 11.2 Å². The summed E-state index contributed by atoms with van der Waals surface area (Å²) in [5.41, 5.74) is 5.88. The van der Waals surface area contributed by atoms with Crippen molar-refractivity contribution in [1.29, 1.82) is 5.41 Å². The molecular formula is C10H15N5OS. The number of hydrogen-bond donors (Lipinski definition) is 3. The van der Waals surface area contributed by atoms with Crippen LogP contribution in [0.4, 0.5) is 0 Å². The number of amidine groups is 1. The van der Waals surface area contributed by atoms with Gasteiger partial charge >= 0.3 is 0 Å². The Hall–Kier alpha value is -1.63. The van der Waals surface area contributed by atoms with Gasteiger partial charge in [-0.05, 0) is 13.8 Å². The van der Waals surface area contributed by atoms with Crippen molar-refractivity contribution in [3.8, 4) is 0 Å². The first-order chi connectivity index (χ1) is 8.04. The molecule has 1 aromatic heterocycles. The van der Waals surface area contributed by atoms with E-state index in [0.717, 1.165) is 0 Å². The second-order valence-corrected chi connectivity index (χ2v) is 4.26. The molecule has 0 saturated carbocycles. The average molecular weight is 253 g/mol. The molecule has 0 spiro atoms. The third kappa shape index (κ3) is 4.03. The van der Waals surface area contributed by atoms with Crippen LogP contribution >= 0.6 is 11.8 Å². The minimum Gasteiger partial charge on any atom is -0.384 e. The van der Waals surface area contributed by atoms with Crippen LogP contribution in [0.25, 0.3) is 0 Å². The normalized spacial score (nSPS) is 10.0. The summed E-state index contributed by atoms with van der Waals surface area (Å²) in [5, 5.41) is 10.7. The highest BCUT2D eigenvalue weighted by molar-refractivity contribution is 8.00. The van der Waals surface area contributed by atoms with Gasteiger partial charge in [-0.2, -0.15) is 0 Å². The highest BCUT2D eigenvalue weighted by Crippen LogP contribution is 2.19. The van der Waals surface area contributed by atoms with Gasteiger partial charge < -0.3 is 11.1 Å². The van der Waals surface area contributed by atoms with Crippen molar-refractivity contribution in [2.45, 2.75) is 18.9 Å². The Kier molecular flexibility index (Phi) is 4.89. The Labute approximate surface area is 104 Å². The summed E-state index contributed by atoms with van der Waals surface area (Å²) < 4.78 is 0. The monoisotopic (exact) mass is 253 g/mol. The molecule has 0 aliphatic rings. The van der Waals surface area contributed by atoms with E-state index in [4.69, 9.17) is 11.1 Å². The van der Waals surface area contributed by atoms with Gasteiger partial charge in [0.2, 0.25) is 5.91 Å². The molecule has 17 heavy (non-hydrogen) atoms. The maximum absolute atomic E-state index is 11.3. The maximum atomic E-state index is 11.3. The number of thioether (sulfide) groups is 1. The van der Waals surface area contributed by atoms with Crippen molar-refractivity contribution in [2.75, 3.05) is 12.3 Å². The molecule has 0 aliphatic heterocycles. The number of nitrogens with one attached hydrogen (secondary N) is 2. The van der Waals surface area contributed by atoms with E-state index < -0.39 is 0 Å². The zero-order valence-corrected chi connectivity index (χ0v) is 10.6. The molecule has 1 heterocycles. The van der Waals surface area contributed by atoms with Crippen LogP contribution in [0.5, 0.6) is 0 Å². The van der Waals surface area contributed by atoms with E-state index in [1.807, 2.05) is 6.92 Å². The van der Waals surface area contributed by atoms with Crippen LogP contribution in [-0.4, -0.2) is 34.0 Å². The molecule has 0 aliphatic carbocycles. The van der Waals surface area contributed by atoms with Crippen LogP contribution in [0.3, 0.4) is 0 Å². The van der Waals surface area contributed by atoms with Crippen LogP contribution in [0.1, 0.15) is 18.3 Å². The number of hydrogen-bond acceptors (Lipinski definition) is 5. The first kappa shape index (κ1) is 13.4. The molecule has 0 bridgehead atoms. The number of carbonyl (C=O) groups excluding carboxylic acids is 1. The van der Waals surface area contributed by atoms with Gasteiger partial charge in [0.1, 0.15) is 16.7 Å². The Morgan fingerprint density at radius 3 is 2.94 bits per heavy atom. The maximum Gasteiger partial charge on any atom is 0.230 e. The Morgan fingerprint density at radius 2 is 2.35 bits per heavy atom. The standard InChI is InChI=1S/C10H15N5OS/c1-3-13-8(16)5-17-10-7(9(11)12)4-14-6(2)15-10/h4H,3,5H2,1-2H3,(H3,11,12)(H,13,16). The molecule has 4 N–H and O–H groups in total. The molecule has 0 radical (unpaired) electrons. The number of nitrogens with two attached hydrogens (primary N) is 1. The first-order valence-corrected chi connectivity index (χ1v) is 6.10. The number of nitrogen functional groups attached to an aromatic ring is 1. The highest BCUT2D eigenvalue weighted by atomic mass is 32.2. The summed E-state index contributed by atoms with van der Waals surface area (Å²) in [4.78, 5) is 19.5. The number of aryl methyl sites for hydroxylation is 1. The third-order valence-corrected chi connectivity index (χ3v) is 2.87. The van der Waals surface area contributed by atoms with Crippen LogP contribution < -0.4 is 11.1 Å². The number of nitrogens with zero attached hydrogens (tertiary/aromatic N) is 2. The molecule has 1 amide bonds. The van der Waals surface area contributed by atoms with Crippen LogP contribution in [0, 0.1) is 12.3 Å². The molecule has 0 fully saturated rings. The van der Waals surface area contributed by atoms with E-state index in [0.29, 0.717) is 23.0 Å². The molecule has 6 nitrogen and oxygen atoms in total. The summed E-state index contributed by atoms with van der Waals surface area (Å²) >= 11 is 1.25. The molecule has 1 aromatic rings. The Bertz CT molecular complexity index is 435. The lowest BCUT2D eigenvalue weighted by atomic mass is 10.3. The fourth-order valence-electron chi connectivity index (χ4n) is 1.13. The lowest BCUT2D eigenvalue weighted by Crippen LogP contribution is -2.24. The van der Waals surface area contributed by atoms with Gasteiger partial charge in [-0.3, -0.25) is 10.2 Å². The highest BCUT2D eigenvalue weighted by Gasteiger charge is 2.10. The molecule has 0 unspecified atom stereocenters. The molecule has 92 valence electrons. The smallest absolute Gasteiger partial charge is 0.230 e. The molecule has 0 atom stereocenters. The molecule has 0 saturated heterocycles. The Morgan fingerprint density at radius 1 is 1.65 bits per heavy atom. The number of amides is 1. The van der Waals surface area contributed by atoms with Gasteiger partial charge in [-0.15, -0.1) is 0 Å². The minimum atomic E-state index is -0.0941. The molecule has 0 aromatic carbocycles. The quantitative estimate of drug-likeness (QED) is 0.303. The summed E-state index contributed by atoms with van der Waals surface area (Å²) in [6.45, 7) is 4.21. The van der Waals surface area contributed by atoms with Crippen molar-refractivity contribution in [3.05, 3.63) is 17.6 Å². The molecule has 1 rings (SSSR count). The minimum absolute atomic E-state index is 0.0664. The van der Waals surface area contributed by atoms with Gasteiger partial charge in [0.25, 0.3) is 0 Å². The topological polar surface area (TPSA) is 105 Å². The third-order valence-electron chi connectivity index (χ3n) is 1.88. The lowest BCUT2D eigenvalue weighted by molar-refractivity contribution is -0.118. The zero-order valence-electron chi connectivity index (χ0n) is 9.78. The largest absolute Gasteiger partial charge is 0.384 e. The summed E-state index contributed by atoms with van der Waals surface area (Å²) in [7, 11) is 0. The second-order valence-electron chi connectivity index (χ2n) is 3.29. The van der Waals surface area contributed by atoms with Gasteiger partial charge in [-0.1, -0.05) is 11.8 Å². The predicted octanol–water partition coefficient (Wildman–Crippen LogP) is 0.297.